The summed E-state index contributed by atoms with van der Waals surface area (Å²) in [7, 11) is 4.56. The zero-order valence-electron chi connectivity index (χ0n) is 4.84. The molecule has 0 radical (unpaired) electrons. The third-order valence-corrected chi connectivity index (χ3v) is 3.98. The monoisotopic (exact) mass is 279 g/mol. The van der Waals surface area contributed by atoms with Gasteiger partial charge in [0.2, 0.25) is 0 Å². The van der Waals surface area contributed by atoms with Gasteiger partial charge in [0.15, 0.2) is 3.55 Å². The lowest BCUT2D eigenvalue weighted by atomic mass is 10.4. The van der Waals surface area contributed by atoms with E-state index < -0.39 is 9.51 Å². The minimum Gasteiger partial charge on any atom is -0.479 e. The molecule has 3 unspecified atom stereocenters. The largest absolute Gasteiger partial charge is 0.479 e. The van der Waals surface area contributed by atoms with Crippen molar-refractivity contribution in [1.82, 2.24) is 4.44 Å². The Balaban J connectivity index is 4.19. The molecule has 9 heavy (non-hydrogen) atoms. The summed E-state index contributed by atoms with van der Waals surface area (Å²) in [4.78, 5) is 10.4. The van der Waals surface area contributed by atoms with E-state index in [0.29, 0.717) is 0 Å². The highest BCUT2D eigenvalue weighted by atomic mass is 127. The van der Waals surface area contributed by atoms with Gasteiger partial charge in [0.1, 0.15) is 0 Å². The van der Waals surface area contributed by atoms with Crippen molar-refractivity contribution in [3.63, 3.8) is 0 Å². The van der Waals surface area contributed by atoms with Crippen molar-refractivity contribution in [2.24, 2.45) is 0 Å². The molecular weight excluding hydrogens is 271 g/mol. The standard InChI is InChI=1S/C3H8INO2P2/c1-3(4,2(6)7)5(8)9/h8-9H2,1H3,(H,6,7). The van der Waals surface area contributed by atoms with Gasteiger partial charge in [-0.1, -0.05) is 18.8 Å². The van der Waals surface area contributed by atoms with Crippen molar-refractivity contribution in [3.05, 3.63) is 0 Å². The number of hydrogen-bond acceptors (Lipinski definition) is 2. The molecular formula is C3H8INO2P2. The van der Waals surface area contributed by atoms with E-state index in [9.17, 15) is 4.79 Å². The van der Waals surface area contributed by atoms with E-state index in [-0.39, 0.29) is 0 Å². The minimum atomic E-state index is -0.854. The Morgan fingerprint density at radius 1 is 1.78 bits per heavy atom. The summed E-state index contributed by atoms with van der Waals surface area (Å²) in [5.74, 6) is -0.854. The van der Waals surface area contributed by atoms with Crippen molar-refractivity contribution in [2.75, 3.05) is 0 Å². The first-order valence-corrected chi connectivity index (χ1v) is 4.22. The molecule has 0 fully saturated rings. The molecule has 0 saturated heterocycles. The van der Waals surface area contributed by atoms with Crippen LogP contribution in [0.4, 0.5) is 0 Å². The molecule has 0 amide bonds. The maximum Gasteiger partial charge on any atom is 0.334 e. The molecule has 54 valence electrons. The van der Waals surface area contributed by atoms with Gasteiger partial charge >= 0.3 is 5.97 Å². The Morgan fingerprint density at radius 3 is 2.11 bits per heavy atom. The van der Waals surface area contributed by atoms with Crippen LogP contribution in [-0.2, 0) is 4.79 Å². The Morgan fingerprint density at radius 2 is 2.11 bits per heavy atom. The van der Waals surface area contributed by atoms with Crippen LogP contribution in [0.5, 0.6) is 0 Å². The molecule has 3 nitrogen and oxygen atoms in total. The summed E-state index contributed by atoms with van der Waals surface area (Å²) >= 11 is 1.84. The minimum absolute atomic E-state index is 0.854. The van der Waals surface area contributed by atoms with E-state index >= 15 is 0 Å². The molecule has 3 atom stereocenters. The highest BCUT2D eigenvalue weighted by Crippen LogP contribution is 2.30. The van der Waals surface area contributed by atoms with E-state index in [1.165, 1.54) is 4.44 Å². The fraction of sp³-hybridized carbons (Fsp3) is 0.667. The molecule has 0 aliphatic carbocycles. The molecule has 1 N–H and O–H groups in total. The zero-order valence-corrected chi connectivity index (χ0v) is 9.30. The first-order valence-electron chi connectivity index (χ1n) is 2.11. The average Bonchev–Trinajstić information content (AvgIpc) is 1.65. The highest BCUT2D eigenvalue weighted by molar-refractivity contribution is 14.1. The summed E-state index contributed by atoms with van der Waals surface area (Å²) in [5, 5.41) is 8.54. The Kier molecular flexibility index (Phi) is 3.81. The third-order valence-electron chi connectivity index (χ3n) is 0.875. The Bertz CT molecular complexity index is 127. The van der Waals surface area contributed by atoms with E-state index in [2.05, 4.69) is 18.8 Å². The van der Waals surface area contributed by atoms with Crippen LogP contribution in [0.25, 0.3) is 0 Å². The lowest BCUT2D eigenvalue weighted by Gasteiger charge is -2.24. The predicted octanol–water partition coefficient (Wildman–Crippen LogP) is 1.10. The van der Waals surface area contributed by atoms with Crippen LogP contribution < -0.4 is 0 Å². The molecule has 0 saturated carbocycles. The molecule has 0 aliphatic heterocycles. The van der Waals surface area contributed by atoms with E-state index in [0.717, 1.165) is 0 Å². The fourth-order valence-electron chi connectivity index (χ4n) is 0.110. The van der Waals surface area contributed by atoms with E-state index in [4.69, 9.17) is 5.11 Å². The number of carboxylic acid groups (broad SMARTS) is 1. The van der Waals surface area contributed by atoms with Crippen LogP contribution in [-0.4, -0.2) is 19.1 Å². The van der Waals surface area contributed by atoms with Gasteiger partial charge in [0.25, 0.3) is 0 Å². The molecule has 0 aromatic carbocycles. The topological polar surface area (TPSA) is 40.5 Å². The normalized spacial score (nSPS) is 17.4. The summed E-state index contributed by atoms with van der Waals surface area (Å²) < 4.78 is 0.628. The van der Waals surface area contributed by atoms with Gasteiger partial charge < -0.3 is 5.11 Å². The molecule has 0 spiro atoms. The van der Waals surface area contributed by atoms with Crippen molar-refractivity contribution in [2.45, 2.75) is 10.5 Å². The van der Waals surface area contributed by atoms with Gasteiger partial charge in [-0.25, -0.2) is 9.24 Å². The van der Waals surface area contributed by atoms with Gasteiger partial charge in [0, 0.05) is 0 Å². The van der Waals surface area contributed by atoms with Crippen molar-refractivity contribution < 1.29 is 9.90 Å². The van der Waals surface area contributed by atoms with Crippen molar-refractivity contribution in [3.8, 4) is 0 Å². The summed E-state index contributed by atoms with van der Waals surface area (Å²) in [6, 6.07) is 0. The number of rotatable bonds is 2. The molecule has 0 aromatic heterocycles. The molecule has 0 heterocycles. The van der Waals surface area contributed by atoms with Crippen molar-refractivity contribution >= 4 is 47.3 Å². The smallest absolute Gasteiger partial charge is 0.334 e. The van der Waals surface area contributed by atoms with Gasteiger partial charge in [-0.2, -0.15) is 0 Å². The number of hydrogen-bond donors (Lipinski definition) is 1. The number of carboxylic acids is 1. The quantitative estimate of drug-likeness (QED) is 0.356. The van der Waals surface area contributed by atoms with E-state index in [1.54, 1.807) is 6.92 Å². The zero-order chi connectivity index (χ0) is 7.65. The van der Waals surface area contributed by atoms with Gasteiger partial charge in [-0.3, -0.25) is 0 Å². The second-order valence-corrected chi connectivity index (χ2v) is 5.48. The van der Waals surface area contributed by atoms with Gasteiger partial charge in [-0.15, -0.1) is 0 Å². The van der Waals surface area contributed by atoms with Crippen molar-refractivity contribution in [1.29, 1.82) is 0 Å². The van der Waals surface area contributed by atoms with E-state index in [1.807, 2.05) is 22.6 Å². The SMILES string of the molecule is CC(I)(C(=O)O)N(P)P. The Labute approximate surface area is 72.2 Å². The lowest BCUT2D eigenvalue weighted by molar-refractivity contribution is -0.140. The predicted molar refractivity (Wildman–Crippen MR) is 51.3 cm³/mol. The Hall–Kier alpha value is 1.02. The second-order valence-electron chi connectivity index (χ2n) is 1.67. The van der Waals surface area contributed by atoms with Gasteiger partial charge in [0.05, 0.1) is 0 Å². The summed E-state index contributed by atoms with van der Waals surface area (Å²) in [5.41, 5.74) is 0. The summed E-state index contributed by atoms with van der Waals surface area (Å²) in [6.07, 6.45) is 0. The number of carbonyl (C=O) groups is 1. The number of aliphatic carboxylic acids is 1. The lowest BCUT2D eigenvalue weighted by Crippen LogP contribution is -2.35. The average molecular weight is 279 g/mol. The molecule has 0 aromatic rings. The fourth-order valence-corrected chi connectivity index (χ4v) is 0.331. The first-order chi connectivity index (χ1) is 3.89. The van der Waals surface area contributed by atoms with Crippen LogP contribution in [0.15, 0.2) is 0 Å². The maximum atomic E-state index is 10.4. The molecule has 6 heteroatoms. The molecule has 0 rings (SSSR count). The van der Waals surface area contributed by atoms with Crippen LogP contribution in [0, 0.1) is 0 Å². The number of alkyl halides is 1. The number of nitrogens with zero attached hydrogens (tertiary/aromatic N) is 1. The molecule has 0 aliphatic rings. The number of halogens is 1. The van der Waals surface area contributed by atoms with Crippen LogP contribution in [0.3, 0.4) is 0 Å². The molecule has 0 bridgehead atoms. The van der Waals surface area contributed by atoms with Crippen LogP contribution >= 0.6 is 41.4 Å². The first kappa shape index (κ1) is 10.0. The van der Waals surface area contributed by atoms with Crippen LogP contribution in [0.1, 0.15) is 6.92 Å². The second kappa shape index (κ2) is 3.42. The third kappa shape index (κ3) is 2.62. The van der Waals surface area contributed by atoms with Gasteiger partial charge in [-0.05, 0) is 29.5 Å². The maximum absolute atomic E-state index is 10.4. The highest BCUT2D eigenvalue weighted by Gasteiger charge is 2.31. The summed E-state index contributed by atoms with van der Waals surface area (Å²) in [6.45, 7) is 1.61. The van der Waals surface area contributed by atoms with Crippen LogP contribution in [0.2, 0.25) is 0 Å².